The zero-order valence-corrected chi connectivity index (χ0v) is 19.3. The van der Waals surface area contributed by atoms with Crippen molar-refractivity contribution in [3.8, 4) is 5.69 Å². The lowest BCUT2D eigenvalue weighted by atomic mass is 10.2. The molecule has 2 saturated carbocycles. The molecular weight excluding hydrogens is 424 g/mol. The van der Waals surface area contributed by atoms with E-state index in [4.69, 9.17) is 4.74 Å². The second-order valence-corrected chi connectivity index (χ2v) is 9.53. The van der Waals surface area contributed by atoms with Crippen LogP contribution in [0.25, 0.3) is 5.69 Å². The Morgan fingerprint density at radius 3 is 2.44 bits per heavy atom. The van der Waals surface area contributed by atoms with E-state index in [0.29, 0.717) is 28.8 Å². The number of rotatable bonds is 8. The van der Waals surface area contributed by atoms with Crippen molar-refractivity contribution in [2.24, 2.45) is 0 Å². The zero-order chi connectivity index (χ0) is 22.4. The number of benzene rings is 1. The number of Topliss-reactive ketones (excluding diaryl/α,β-unsaturated/α-hetero) is 1. The van der Waals surface area contributed by atoms with E-state index < -0.39 is 0 Å². The van der Waals surface area contributed by atoms with E-state index >= 15 is 0 Å². The highest BCUT2D eigenvalue weighted by atomic mass is 32.2. The third-order valence-corrected chi connectivity index (χ3v) is 7.10. The fourth-order valence-corrected chi connectivity index (χ4v) is 5.09. The lowest BCUT2D eigenvalue weighted by Gasteiger charge is -2.11. The van der Waals surface area contributed by atoms with E-state index in [1.807, 2.05) is 36.6 Å². The number of nitrogens with zero attached hydrogens (tertiary/aromatic N) is 4. The van der Waals surface area contributed by atoms with Crippen LogP contribution in [-0.2, 0) is 4.74 Å². The summed E-state index contributed by atoms with van der Waals surface area (Å²) in [4.78, 5) is 24.8. The number of methoxy groups -OCH3 is 1. The second kappa shape index (κ2) is 8.24. The topological polar surface area (TPSA) is 79.0 Å². The number of aromatic nitrogens is 4. The number of thioether (sulfide) groups is 1. The Hall–Kier alpha value is -2.87. The van der Waals surface area contributed by atoms with Crippen molar-refractivity contribution in [1.82, 2.24) is 19.3 Å². The molecule has 8 heteroatoms. The molecule has 32 heavy (non-hydrogen) atoms. The third-order valence-electron chi connectivity index (χ3n) is 6.16. The molecule has 0 radical (unpaired) electrons. The van der Waals surface area contributed by atoms with Gasteiger partial charge in [-0.25, -0.2) is 4.79 Å². The SMILES string of the molecule is COC(=O)c1ccc(-n2c(C)cc(C(=O)CSc3nnc(C4CC4)n3C3CC3)c2C)cc1. The number of ketones is 1. The van der Waals surface area contributed by atoms with Gasteiger partial charge < -0.3 is 13.9 Å². The zero-order valence-electron chi connectivity index (χ0n) is 18.5. The fraction of sp³-hybridized carbons (Fsp3) is 0.417. The molecule has 0 spiro atoms. The number of aryl methyl sites for hydroxylation is 1. The molecule has 0 unspecified atom stereocenters. The van der Waals surface area contributed by atoms with Crippen LogP contribution in [0.4, 0.5) is 0 Å². The first-order valence-electron chi connectivity index (χ1n) is 11.0. The van der Waals surface area contributed by atoms with Crippen molar-refractivity contribution in [1.29, 1.82) is 0 Å². The second-order valence-electron chi connectivity index (χ2n) is 8.59. The first-order valence-corrected chi connectivity index (χ1v) is 11.9. The van der Waals surface area contributed by atoms with E-state index in [9.17, 15) is 9.59 Å². The molecule has 0 N–H and O–H groups in total. The van der Waals surface area contributed by atoms with Gasteiger partial charge in [-0.1, -0.05) is 11.8 Å². The Kier molecular flexibility index (Phi) is 5.41. The van der Waals surface area contributed by atoms with Gasteiger partial charge >= 0.3 is 5.97 Å². The highest BCUT2D eigenvalue weighted by molar-refractivity contribution is 7.99. The van der Waals surface area contributed by atoms with E-state index in [2.05, 4.69) is 14.8 Å². The van der Waals surface area contributed by atoms with Gasteiger partial charge in [-0.05, 0) is 69.9 Å². The Bertz CT molecular complexity index is 1190. The summed E-state index contributed by atoms with van der Waals surface area (Å²) in [5.41, 5.74) is 3.98. The first kappa shape index (κ1) is 21.0. The molecule has 0 bridgehead atoms. The van der Waals surface area contributed by atoms with Crippen molar-refractivity contribution < 1.29 is 14.3 Å². The van der Waals surface area contributed by atoms with Gasteiger partial charge in [-0.2, -0.15) is 0 Å². The molecule has 2 aliphatic carbocycles. The van der Waals surface area contributed by atoms with Crippen molar-refractivity contribution in [3.05, 3.63) is 58.7 Å². The van der Waals surface area contributed by atoms with Gasteiger partial charge in [0, 0.05) is 34.6 Å². The largest absolute Gasteiger partial charge is 0.465 e. The minimum Gasteiger partial charge on any atom is -0.465 e. The average Bonchev–Trinajstić information content (AvgIpc) is 3.74. The number of hydrogen-bond acceptors (Lipinski definition) is 6. The van der Waals surface area contributed by atoms with Crippen LogP contribution >= 0.6 is 11.8 Å². The molecule has 2 aliphatic rings. The van der Waals surface area contributed by atoms with Crippen LogP contribution < -0.4 is 0 Å². The summed E-state index contributed by atoms with van der Waals surface area (Å²) in [7, 11) is 1.37. The van der Waals surface area contributed by atoms with Gasteiger partial charge in [-0.15, -0.1) is 10.2 Å². The standard InChI is InChI=1S/C24H26N4O3S/c1-14-12-20(15(2)27(14)18-8-6-17(7-9-18)23(30)31-3)21(29)13-32-24-26-25-22(16-4-5-16)28(24)19-10-11-19/h6-9,12,16,19H,4-5,10-11,13H2,1-3H3. The highest BCUT2D eigenvalue weighted by Crippen LogP contribution is 2.46. The number of hydrogen-bond donors (Lipinski definition) is 0. The molecule has 0 saturated heterocycles. The average molecular weight is 451 g/mol. The maximum Gasteiger partial charge on any atom is 0.337 e. The quantitative estimate of drug-likeness (QED) is 0.282. The molecule has 7 nitrogen and oxygen atoms in total. The van der Waals surface area contributed by atoms with E-state index in [-0.39, 0.29) is 11.8 Å². The van der Waals surface area contributed by atoms with E-state index in [1.54, 1.807) is 12.1 Å². The molecule has 2 aromatic heterocycles. The molecule has 0 aliphatic heterocycles. The molecule has 1 aromatic carbocycles. The maximum absolute atomic E-state index is 13.1. The monoisotopic (exact) mass is 450 g/mol. The smallest absolute Gasteiger partial charge is 0.337 e. The lowest BCUT2D eigenvalue weighted by Crippen LogP contribution is -2.08. The minimum atomic E-state index is -0.366. The summed E-state index contributed by atoms with van der Waals surface area (Å²) in [5.74, 6) is 1.71. The van der Waals surface area contributed by atoms with E-state index in [1.165, 1.54) is 44.6 Å². The van der Waals surface area contributed by atoms with Crippen LogP contribution in [0.15, 0.2) is 35.5 Å². The molecule has 0 amide bonds. The Morgan fingerprint density at radius 1 is 1.09 bits per heavy atom. The van der Waals surface area contributed by atoms with Gasteiger partial charge in [0.15, 0.2) is 10.9 Å². The van der Waals surface area contributed by atoms with Gasteiger partial charge in [0.25, 0.3) is 0 Å². The summed E-state index contributed by atoms with van der Waals surface area (Å²) in [5, 5.41) is 9.71. The van der Waals surface area contributed by atoms with Crippen molar-refractivity contribution in [3.63, 3.8) is 0 Å². The van der Waals surface area contributed by atoms with Crippen LogP contribution in [0.3, 0.4) is 0 Å². The van der Waals surface area contributed by atoms with Crippen LogP contribution in [-0.4, -0.2) is 43.9 Å². The summed E-state index contributed by atoms with van der Waals surface area (Å²) in [6.45, 7) is 3.94. The summed E-state index contributed by atoms with van der Waals surface area (Å²) >= 11 is 1.49. The van der Waals surface area contributed by atoms with Gasteiger partial charge in [0.1, 0.15) is 5.82 Å². The summed E-state index contributed by atoms with van der Waals surface area (Å²) in [6, 6.07) is 9.66. The van der Waals surface area contributed by atoms with Crippen molar-refractivity contribution >= 4 is 23.5 Å². The van der Waals surface area contributed by atoms with Crippen LogP contribution in [0, 0.1) is 13.8 Å². The summed E-state index contributed by atoms with van der Waals surface area (Å²) in [6.07, 6.45) is 4.74. The number of ether oxygens (including phenoxy) is 1. The van der Waals surface area contributed by atoms with E-state index in [0.717, 1.165) is 28.1 Å². The Labute approximate surface area is 191 Å². The van der Waals surface area contributed by atoms with Crippen LogP contribution in [0.5, 0.6) is 0 Å². The normalized spacial score (nSPS) is 15.7. The lowest BCUT2D eigenvalue weighted by molar-refractivity contribution is 0.0600. The number of esters is 1. The van der Waals surface area contributed by atoms with Gasteiger partial charge in [0.2, 0.25) is 0 Å². The molecular formula is C24H26N4O3S. The van der Waals surface area contributed by atoms with Crippen LogP contribution in [0.2, 0.25) is 0 Å². The van der Waals surface area contributed by atoms with Crippen molar-refractivity contribution in [2.45, 2.75) is 56.6 Å². The summed E-state index contributed by atoms with van der Waals surface area (Å²) < 4.78 is 9.09. The first-order chi connectivity index (χ1) is 15.5. The molecule has 2 heterocycles. The Balaban J connectivity index is 1.34. The van der Waals surface area contributed by atoms with Gasteiger partial charge in [-0.3, -0.25) is 4.79 Å². The van der Waals surface area contributed by atoms with Crippen molar-refractivity contribution in [2.75, 3.05) is 12.9 Å². The Morgan fingerprint density at radius 2 is 1.81 bits per heavy atom. The molecule has 2 fully saturated rings. The molecule has 0 atom stereocenters. The van der Waals surface area contributed by atoms with Crippen LogP contribution in [0.1, 0.15) is 75.6 Å². The fourth-order valence-electron chi connectivity index (χ4n) is 4.20. The maximum atomic E-state index is 13.1. The molecule has 166 valence electrons. The highest BCUT2D eigenvalue weighted by Gasteiger charge is 2.36. The molecule has 5 rings (SSSR count). The minimum absolute atomic E-state index is 0.0823. The van der Waals surface area contributed by atoms with Gasteiger partial charge in [0.05, 0.1) is 18.4 Å². The number of carbonyl (C=O) groups excluding carboxylic acids is 2. The molecule has 3 aromatic rings. The third kappa shape index (κ3) is 3.88. The predicted octanol–water partition coefficient (Wildman–Crippen LogP) is 4.66. The predicted molar refractivity (Wildman–Crippen MR) is 122 cm³/mol. The number of carbonyl (C=O) groups is 2.